The number of halogens is 1. The number of fused-ring (bicyclic) bond motifs is 1. The number of amides is 3. The summed E-state index contributed by atoms with van der Waals surface area (Å²) in [6.07, 6.45) is 4.78. The van der Waals surface area contributed by atoms with Crippen LogP contribution >= 0.6 is 27.7 Å². The molecule has 198 valence electrons. The third-order valence-electron chi connectivity index (χ3n) is 7.85. The van der Waals surface area contributed by atoms with Gasteiger partial charge in [0.2, 0.25) is 17.7 Å². The van der Waals surface area contributed by atoms with Gasteiger partial charge in [0, 0.05) is 35.5 Å². The first kappa shape index (κ1) is 27.5. The van der Waals surface area contributed by atoms with E-state index in [1.807, 2.05) is 39.0 Å². The quantitative estimate of drug-likeness (QED) is 0.274. The molecule has 0 aliphatic carbocycles. The molecule has 0 radical (unpaired) electrons. The lowest BCUT2D eigenvalue weighted by Crippen LogP contribution is -2.53. The maximum absolute atomic E-state index is 14.0. The Kier molecular flexibility index (Phi) is 8.72. The summed E-state index contributed by atoms with van der Waals surface area (Å²) < 4.78 is -0.628. The van der Waals surface area contributed by atoms with E-state index in [-0.39, 0.29) is 34.4 Å². The van der Waals surface area contributed by atoms with Gasteiger partial charge in [-0.15, -0.1) is 11.8 Å². The van der Waals surface area contributed by atoms with E-state index in [9.17, 15) is 14.4 Å². The van der Waals surface area contributed by atoms with Gasteiger partial charge >= 0.3 is 0 Å². The highest BCUT2D eigenvalue weighted by atomic mass is 79.9. The van der Waals surface area contributed by atoms with E-state index in [1.165, 1.54) is 0 Å². The molecule has 3 amide bonds. The Morgan fingerprint density at radius 2 is 1.94 bits per heavy atom. The fourth-order valence-corrected chi connectivity index (χ4v) is 9.77. The number of hydrogen-bond acceptors (Lipinski definition) is 5. The highest BCUT2D eigenvalue weighted by Crippen LogP contribution is 2.67. The molecule has 3 heterocycles. The van der Waals surface area contributed by atoms with E-state index in [1.54, 1.807) is 16.7 Å². The summed E-state index contributed by atoms with van der Waals surface area (Å²) in [5.74, 6) is -1.24. The molecule has 1 spiro atoms. The van der Waals surface area contributed by atoms with E-state index in [4.69, 9.17) is 5.11 Å². The first-order chi connectivity index (χ1) is 17.2. The van der Waals surface area contributed by atoms with Crippen molar-refractivity contribution in [3.63, 3.8) is 0 Å². The second-order valence-corrected chi connectivity index (χ2v) is 13.1. The molecule has 36 heavy (non-hydrogen) atoms. The number of hydrogen-bond donors (Lipinski definition) is 3. The zero-order chi connectivity index (χ0) is 26.0. The molecule has 2 bridgehead atoms. The van der Waals surface area contributed by atoms with Crippen molar-refractivity contribution in [1.82, 2.24) is 10.2 Å². The largest absolute Gasteiger partial charge is 0.396 e. The minimum absolute atomic E-state index is 0.0292. The minimum Gasteiger partial charge on any atom is -0.396 e. The molecule has 1 aromatic rings. The average molecular weight is 581 g/mol. The number of carbonyl (C=O) groups excluding carboxylic acids is 3. The van der Waals surface area contributed by atoms with Crippen LogP contribution in [0.15, 0.2) is 18.2 Å². The van der Waals surface area contributed by atoms with Gasteiger partial charge in [0.1, 0.15) is 6.04 Å². The smallest absolute Gasteiger partial charge is 0.248 e. The van der Waals surface area contributed by atoms with Gasteiger partial charge in [-0.2, -0.15) is 0 Å². The number of nitrogens with zero attached hydrogens (tertiary/aromatic N) is 1. The Labute approximate surface area is 226 Å². The molecular formula is C27H38BrN3O4S. The zero-order valence-electron chi connectivity index (χ0n) is 21.4. The van der Waals surface area contributed by atoms with Gasteiger partial charge in [-0.05, 0) is 56.7 Å². The van der Waals surface area contributed by atoms with E-state index in [2.05, 4.69) is 26.6 Å². The zero-order valence-corrected chi connectivity index (χ0v) is 23.8. The Hall–Kier alpha value is -1.58. The predicted molar refractivity (Wildman–Crippen MR) is 147 cm³/mol. The summed E-state index contributed by atoms with van der Waals surface area (Å²) in [5.41, 5.74) is 2.79. The average Bonchev–Trinajstić information content (AvgIpc) is 3.43. The molecule has 6 atom stereocenters. The van der Waals surface area contributed by atoms with E-state index in [0.717, 1.165) is 48.9 Å². The summed E-state index contributed by atoms with van der Waals surface area (Å²) in [4.78, 5) is 43.1. The lowest BCUT2D eigenvalue weighted by molar-refractivity contribution is -0.139. The number of nitrogens with one attached hydrogen (secondary N) is 2. The Balaban J connectivity index is 1.65. The van der Waals surface area contributed by atoms with Crippen LogP contribution < -0.4 is 10.6 Å². The fourth-order valence-electron chi connectivity index (χ4n) is 6.16. The molecule has 3 saturated heterocycles. The number of aliphatic hydroxyl groups is 1. The third-order valence-corrected chi connectivity index (χ3v) is 11.1. The van der Waals surface area contributed by atoms with Crippen molar-refractivity contribution in [1.29, 1.82) is 0 Å². The first-order valence-electron chi connectivity index (χ1n) is 13.1. The highest BCUT2D eigenvalue weighted by molar-refractivity contribution is 9.09. The number of carbonyl (C=O) groups is 3. The first-order valence-corrected chi connectivity index (χ1v) is 14.9. The standard InChI is InChI=1S/C27H38BrN3O4S/c1-4-11-29-24(33)20-21-26(35)31(12-7-5-6-8-13-32)23(27(21)15-18(28)22(20)36-27)25(34)30-19-14-16(2)9-10-17(19)3/h9-10,14,18,20-23,32H,4-8,11-13,15H2,1-3H3,(H,29,33)(H,30,34)/t18?,20-,21+,22-,23?,27?/m1/s1. The van der Waals surface area contributed by atoms with Crippen LogP contribution in [0.4, 0.5) is 5.69 Å². The molecule has 3 N–H and O–H groups in total. The summed E-state index contributed by atoms with van der Waals surface area (Å²) in [7, 11) is 0. The molecule has 0 aromatic heterocycles. The summed E-state index contributed by atoms with van der Waals surface area (Å²) in [5, 5.41) is 15.2. The predicted octanol–water partition coefficient (Wildman–Crippen LogP) is 3.79. The molecule has 0 saturated carbocycles. The number of anilines is 1. The molecule has 3 aliphatic rings. The highest BCUT2D eigenvalue weighted by Gasteiger charge is 2.75. The van der Waals surface area contributed by atoms with Crippen LogP contribution in [0.5, 0.6) is 0 Å². The number of aliphatic hydroxyl groups excluding tert-OH is 1. The molecule has 4 rings (SSSR count). The van der Waals surface area contributed by atoms with Gasteiger partial charge < -0.3 is 20.6 Å². The Morgan fingerprint density at radius 3 is 2.67 bits per heavy atom. The van der Waals surface area contributed by atoms with Crippen LogP contribution in [0.3, 0.4) is 0 Å². The van der Waals surface area contributed by atoms with Crippen LogP contribution in [0.25, 0.3) is 0 Å². The summed E-state index contributed by atoms with van der Waals surface area (Å²) in [6, 6.07) is 5.34. The number of thioether (sulfide) groups is 1. The van der Waals surface area contributed by atoms with Crippen molar-refractivity contribution in [3.8, 4) is 0 Å². The van der Waals surface area contributed by atoms with Crippen molar-refractivity contribution in [2.45, 2.75) is 80.2 Å². The lowest BCUT2D eigenvalue weighted by Gasteiger charge is -2.35. The van der Waals surface area contributed by atoms with Crippen LogP contribution in [0.2, 0.25) is 0 Å². The van der Waals surface area contributed by atoms with Crippen molar-refractivity contribution in [3.05, 3.63) is 29.3 Å². The van der Waals surface area contributed by atoms with Crippen molar-refractivity contribution >= 4 is 51.1 Å². The van der Waals surface area contributed by atoms with Crippen LogP contribution in [0.1, 0.15) is 56.6 Å². The molecular weight excluding hydrogens is 542 g/mol. The van der Waals surface area contributed by atoms with E-state index < -0.39 is 22.6 Å². The molecule has 3 aliphatic heterocycles. The molecule has 7 nitrogen and oxygen atoms in total. The van der Waals surface area contributed by atoms with Crippen LogP contribution in [-0.4, -0.2) is 68.3 Å². The maximum atomic E-state index is 14.0. The van der Waals surface area contributed by atoms with Crippen LogP contribution in [-0.2, 0) is 14.4 Å². The second kappa shape index (κ2) is 11.4. The van der Waals surface area contributed by atoms with Gasteiger partial charge in [-0.1, -0.05) is 47.8 Å². The maximum Gasteiger partial charge on any atom is 0.248 e. The van der Waals surface area contributed by atoms with Gasteiger partial charge in [0.05, 0.1) is 16.6 Å². The third kappa shape index (κ3) is 4.95. The number of benzene rings is 1. The van der Waals surface area contributed by atoms with Gasteiger partial charge in [-0.25, -0.2) is 0 Å². The molecule has 9 heteroatoms. The second-order valence-electron chi connectivity index (χ2n) is 10.4. The molecule has 3 unspecified atom stereocenters. The Bertz CT molecular complexity index is 1010. The Morgan fingerprint density at radius 1 is 1.19 bits per heavy atom. The summed E-state index contributed by atoms with van der Waals surface area (Å²) >= 11 is 5.48. The van der Waals surface area contributed by atoms with Crippen molar-refractivity contribution < 1.29 is 19.5 Å². The fraction of sp³-hybridized carbons (Fsp3) is 0.667. The summed E-state index contributed by atoms with van der Waals surface area (Å²) in [6.45, 7) is 7.19. The van der Waals surface area contributed by atoms with Crippen LogP contribution in [0, 0.1) is 25.7 Å². The SMILES string of the molecule is CCCNC(=O)[C@H]1[C@@H]2SC3(CC2Br)C(C(=O)Nc2cc(C)ccc2C)N(CCCCCCO)C(=O)[C@H]13. The number of rotatable bonds is 11. The number of likely N-dealkylation sites (tertiary alicyclic amines) is 1. The lowest BCUT2D eigenvalue weighted by atomic mass is 9.70. The van der Waals surface area contributed by atoms with Gasteiger partial charge in [-0.3, -0.25) is 14.4 Å². The molecule has 3 fully saturated rings. The molecule has 1 aromatic carbocycles. The number of unbranched alkanes of at least 4 members (excludes halogenated alkanes) is 3. The van der Waals surface area contributed by atoms with Gasteiger partial charge in [0.15, 0.2) is 0 Å². The number of aryl methyl sites for hydroxylation is 2. The van der Waals surface area contributed by atoms with E-state index >= 15 is 0 Å². The van der Waals surface area contributed by atoms with Crippen molar-refractivity contribution in [2.75, 3.05) is 25.0 Å². The monoisotopic (exact) mass is 579 g/mol. The normalized spacial score (nSPS) is 30.5. The van der Waals surface area contributed by atoms with Crippen molar-refractivity contribution in [2.24, 2.45) is 11.8 Å². The minimum atomic E-state index is -0.633. The number of alkyl halides is 1. The topological polar surface area (TPSA) is 98.7 Å². The van der Waals surface area contributed by atoms with Gasteiger partial charge in [0.25, 0.3) is 0 Å². The van der Waals surface area contributed by atoms with E-state index in [0.29, 0.717) is 19.5 Å².